The van der Waals surface area contributed by atoms with E-state index in [2.05, 4.69) is 50.0 Å². The first kappa shape index (κ1) is 14.7. The van der Waals surface area contributed by atoms with E-state index in [1.54, 1.807) is 0 Å². The van der Waals surface area contributed by atoms with Crippen LogP contribution in [0.2, 0.25) is 0 Å². The van der Waals surface area contributed by atoms with Gasteiger partial charge in [0.25, 0.3) is 0 Å². The smallest absolute Gasteiger partial charge is 0.161 e. The summed E-state index contributed by atoms with van der Waals surface area (Å²) in [5, 5.41) is 3.11. The highest BCUT2D eigenvalue weighted by atomic mass is 79.9. The monoisotopic (exact) mass is 328 g/mol. The molecule has 1 saturated heterocycles. The normalized spacial score (nSPS) is 20.5. The van der Waals surface area contributed by atoms with Crippen LogP contribution in [0.15, 0.2) is 4.47 Å². The second kappa shape index (κ2) is 6.63. The van der Waals surface area contributed by atoms with E-state index in [0.29, 0.717) is 0 Å². The van der Waals surface area contributed by atoms with E-state index in [-0.39, 0.29) is 6.10 Å². The summed E-state index contributed by atoms with van der Waals surface area (Å²) >= 11 is 3.55. The summed E-state index contributed by atoms with van der Waals surface area (Å²) in [4.78, 5) is 11.6. The molecule has 0 amide bonds. The number of aromatic nitrogens is 2. The van der Waals surface area contributed by atoms with Gasteiger partial charge in [-0.3, -0.25) is 4.90 Å². The second-order valence-corrected chi connectivity index (χ2v) is 5.34. The van der Waals surface area contributed by atoms with Crippen LogP contribution in [-0.4, -0.2) is 48.2 Å². The molecule has 1 aliphatic rings. The third-order valence-corrected chi connectivity index (χ3v) is 4.23. The van der Waals surface area contributed by atoms with Crippen LogP contribution in [-0.2, 0) is 11.2 Å². The van der Waals surface area contributed by atoms with Crippen LogP contribution in [0.1, 0.15) is 31.5 Å². The molecule has 6 heteroatoms. The van der Waals surface area contributed by atoms with Gasteiger partial charge in [0.05, 0.1) is 16.8 Å². The van der Waals surface area contributed by atoms with Gasteiger partial charge in [-0.2, -0.15) is 0 Å². The van der Waals surface area contributed by atoms with Gasteiger partial charge in [0, 0.05) is 20.1 Å². The number of morpholine rings is 1. The summed E-state index contributed by atoms with van der Waals surface area (Å²) in [6, 6.07) is 0. The number of rotatable bonds is 4. The highest BCUT2D eigenvalue weighted by Gasteiger charge is 2.25. The van der Waals surface area contributed by atoms with Gasteiger partial charge in [-0.25, -0.2) is 9.97 Å². The summed E-state index contributed by atoms with van der Waals surface area (Å²) in [6.45, 7) is 7.90. The molecule has 1 N–H and O–H groups in total. The Kier molecular flexibility index (Phi) is 5.13. The molecule has 1 atom stereocenters. The number of nitrogens with one attached hydrogen (secondary N) is 1. The van der Waals surface area contributed by atoms with E-state index >= 15 is 0 Å². The predicted octanol–water partition coefficient (Wildman–Crippen LogP) is 2.24. The first-order chi connectivity index (χ1) is 9.19. The van der Waals surface area contributed by atoms with Gasteiger partial charge in [-0.05, 0) is 28.9 Å². The lowest BCUT2D eigenvalue weighted by molar-refractivity contribution is -0.0326. The number of anilines is 1. The first-order valence-electron chi connectivity index (χ1n) is 6.77. The second-order valence-electron chi connectivity index (χ2n) is 4.55. The Morgan fingerprint density at radius 3 is 2.84 bits per heavy atom. The number of aryl methyl sites for hydroxylation is 1. The molecule has 0 spiro atoms. The highest BCUT2D eigenvalue weighted by Crippen LogP contribution is 2.27. The van der Waals surface area contributed by atoms with E-state index in [0.717, 1.165) is 54.5 Å². The molecule has 1 aliphatic heterocycles. The molecule has 0 aliphatic carbocycles. The highest BCUT2D eigenvalue weighted by molar-refractivity contribution is 9.10. The zero-order valence-electron chi connectivity index (χ0n) is 11.7. The third kappa shape index (κ3) is 3.24. The lowest BCUT2D eigenvalue weighted by Gasteiger charge is -2.31. The SMILES string of the molecule is CCc1nc(C2CN(CC)CCO2)nc(NC)c1Br. The topological polar surface area (TPSA) is 50.3 Å². The van der Waals surface area contributed by atoms with Gasteiger partial charge < -0.3 is 10.1 Å². The van der Waals surface area contributed by atoms with Crippen molar-refractivity contribution in [1.29, 1.82) is 0 Å². The quantitative estimate of drug-likeness (QED) is 0.918. The maximum atomic E-state index is 5.83. The zero-order chi connectivity index (χ0) is 13.8. The van der Waals surface area contributed by atoms with Gasteiger partial charge in [-0.15, -0.1) is 0 Å². The number of likely N-dealkylation sites (N-methyl/N-ethyl adjacent to an activating group) is 1. The summed E-state index contributed by atoms with van der Waals surface area (Å²) in [5.74, 6) is 1.61. The molecular weight excluding hydrogens is 308 g/mol. The Balaban J connectivity index is 2.28. The summed E-state index contributed by atoms with van der Waals surface area (Å²) < 4.78 is 6.77. The van der Waals surface area contributed by atoms with Crippen molar-refractivity contribution < 1.29 is 4.74 Å². The summed E-state index contributed by atoms with van der Waals surface area (Å²) in [5.41, 5.74) is 1.02. The van der Waals surface area contributed by atoms with Gasteiger partial charge in [0.15, 0.2) is 5.82 Å². The number of nitrogens with zero attached hydrogens (tertiary/aromatic N) is 3. The van der Waals surface area contributed by atoms with E-state index in [4.69, 9.17) is 4.74 Å². The standard InChI is InChI=1S/C13H21BrN4O/c1-4-9-11(14)13(15-3)17-12(16-9)10-8-18(5-2)6-7-19-10/h10H,4-8H2,1-3H3,(H,15,16,17). The van der Waals surface area contributed by atoms with Crippen LogP contribution in [0, 0.1) is 0 Å². The van der Waals surface area contributed by atoms with Crippen molar-refractivity contribution in [2.75, 3.05) is 38.6 Å². The Bertz CT molecular complexity index is 416. The molecule has 1 aromatic rings. The molecule has 0 bridgehead atoms. The third-order valence-electron chi connectivity index (χ3n) is 3.39. The van der Waals surface area contributed by atoms with Crippen molar-refractivity contribution in [3.63, 3.8) is 0 Å². The first-order valence-corrected chi connectivity index (χ1v) is 7.56. The van der Waals surface area contributed by atoms with Crippen LogP contribution in [0.25, 0.3) is 0 Å². The average molecular weight is 329 g/mol. The van der Waals surface area contributed by atoms with Crippen LogP contribution >= 0.6 is 15.9 Å². The van der Waals surface area contributed by atoms with E-state index < -0.39 is 0 Å². The fourth-order valence-electron chi connectivity index (χ4n) is 2.20. The molecule has 2 heterocycles. The van der Waals surface area contributed by atoms with Crippen molar-refractivity contribution in [2.24, 2.45) is 0 Å². The fourth-order valence-corrected chi connectivity index (χ4v) is 2.86. The lowest BCUT2D eigenvalue weighted by Crippen LogP contribution is -2.38. The minimum Gasteiger partial charge on any atom is -0.372 e. The van der Waals surface area contributed by atoms with E-state index in [1.807, 2.05) is 7.05 Å². The molecule has 0 aromatic carbocycles. The number of halogens is 1. The largest absolute Gasteiger partial charge is 0.372 e. The number of hydrogen-bond acceptors (Lipinski definition) is 5. The van der Waals surface area contributed by atoms with Crippen molar-refractivity contribution in [3.8, 4) is 0 Å². The molecule has 2 rings (SSSR count). The van der Waals surface area contributed by atoms with Gasteiger partial charge in [0.1, 0.15) is 11.9 Å². The van der Waals surface area contributed by atoms with Crippen molar-refractivity contribution >= 4 is 21.7 Å². The minimum atomic E-state index is -0.0285. The lowest BCUT2D eigenvalue weighted by atomic mass is 10.2. The van der Waals surface area contributed by atoms with Crippen LogP contribution < -0.4 is 5.32 Å². The summed E-state index contributed by atoms with van der Waals surface area (Å²) in [6.07, 6.45) is 0.842. The molecule has 1 unspecified atom stereocenters. The molecule has 1 fully saturated rings. The molecular formula is C13H21BrN4O. The van der Waals surface area contributed by atoms with Crippen molar-refractivity contribution in [1.82, 2.24) is 14.9 Å². The minimum absolute atomic E-state index is 0.0285. The average Bonchev–Trinajstić information content (AvgIpc) is 2.47. The number of hydrogen-bond donors (Lipinski definition) is 1. The Morgan fingerprint density at radius 1 is 1.42 bits per heavy atom. The molecule has 106 valence electrons. The molecule has 0 radical (unpaired) electrons. The summed E-state index contributed by atoms with van der Waals surface area (Å²) in [7, 11) is 1.87. The van der Waals surface area contributed by atoms with Crippen molar-refractivity contribution in [3.05, 3.63) is 16.0 Å². The van der Waals surface area contributed by atoms with E-state index in [9.17, 15) is 0 Å². The van der Waals surface area contributed by atoms with Crippen LogP contribution in [0.5, 0.6) is 0 Å². The Hall–Kier alpha value is -0.720. The number of ether oxygens (including phenoxy) is 1. The molecule has 5 nitrogen and oxygen atoms in total. The predicted molar refractivity (Wildman–Crippen MR) is 79.5 cm³/mol. The van der Waals surface area contributed by atoms with Gasteiger partial charge >= 0.3 is 0 Å². The van der Waals surface area contributed by atoms with E-state index in [1.165, 1.54) is 0 Å². The molecule has 1 aromatic heterocycles. The van der Waals surface area contributed by atoms with Gasteiger partial charge in [0.2, 0.25) is 0 Å². The van der Waals surface area contributed by atoms with Crippen LogP contribution in [0.3, 0.4) is 0 Å². The van der Waals surface area contributed by atoms with Crippen LogP contribution in [0.4, 0.5) is 5.82 Å². The Morgan fingerprint density at radius 2 is 2.21 bits per heavy atom. The van der Waals surface area contributed by atoms with Gasteiger partial charge in [-0.1, -0.05) is 13.8 Å². The maximum Gasteiger partial charge on any atom is 0.161 e. The zero-order valence-corrected chi connectivity index (χ0v) is 13.3. The maximum absolute atomic E-state index is 5.83. The molecule has 19 heavy (non-hydrogen) atoms. The molecule has 0 saturated carbocycles. The fraction of sp³-hybridized carbons (Fsp3) is 0.692. The van der Waals surface area contributed by atoms with Crippen molar-refractivity contribution in [2.45, 2.75) is 26.4 Å². The Labute approximate surface area is 122 Å².